The van der Waals surface area contributed by atoms with Crippen LogP contribution < -0.4 is 20.4 Å². The van der Waals surface area contributed by atoms with Crippen LogP contribution in [0.5, 0.6) is 0 Å². The lowest BCUT2D eigenvalue weighted by Gasteiger charge is -2.38. The first kappa shape index (κ1) is 20.1. The smallest absolute Gasteiger partial charge is 0.243 e. The van der Waals surface area contributed by atoms with Crippen molar-refractivity contribution in [1.82, 2.24) is 5.32 Å². The van der Waals surface area contributed by atoms with Gasteiger partial charge in [-0.3, -0.25) is 9.59 Å². The lowest BCUT2D eigenvalue weighted by Crippen LogP contribution is -2.47. The molecule has 2 amide bonds. The van der Waals surface area contributed by atoms with Gasteiger partial charge in [0.05, 0.1) is 24.5 Å². The van der Waals surface area contributed by atoms with E-state index >= 15 is 0 Å². The molecule has 2 N–H and O–H groups in total. The minimum absolute atomic E-state index is 0.133. The van der Waals surface area contributed by atoms with Gasteiger partial charge in [-0.25, -0.2) is 8.78 Å². The molecule has 4 rings (SSSR count). The minimum Gasteiger partial charge on any atom is -0.368 e. The molecule has 0 bridgehead atoms. The molecule has 1 heterocycles. The van der Waals surface area contributed by atoms with Crippen molar-refractivity contribution in [2.45, 2.75) is 12.8 Å². The Labute approximate surface area is 173 Å². The molecular weight excluding hydrogens is 390 g/mol. The summed E-state index contributed by atoms with van der Waals surface area (Å²) < 4.78 is 26.2. The molecule has 2 aromatic carbocycles. The van der Waals surface area contributed by atoms with E-state index in [0.29, 0.717) is 0 Å². The van der Waals surface area contributed by atoms with Crippen LogP contribution in [0.25, 0.3) is 0 Å². The molecule has 1 fully saturated rings. The van der Waals surface area contributed by atoms with Crippen molar-refractivity contribution in [1.29, 1.82) is 0 Å². The average molecular weight is 414 g/mol. The largest absolute Gasteiger partial charge is 0.368 e. The molecule has 1 aliphatic carbocycles. The van der Waals surface area contributed by atoms with Crippen molar-refractivity contribution in [3.8, 4) is 0 Å². The number of anilines is 3. The van der Waals surface area contributed by atoms with Crippen LogP contribution in [-0.2, 0) is 9.59 Å². The van der Waals surface area contributed by atoms with E-state index in [0.717, 1.165) is 49.1 Å². The van der Waals surface area contributed by atoms with Gasteiger partial charge in [0.25, 0.3) is 0 Å². The summed E-state index contributed by atoms with van der Waals surface area (Å²) in [6.07, 6.45) is 2.58. The van der Waals surface area contributed by atoms with Gasteiger partial charge < -0.3 is 20.4 Å². The molecule has 158 valence electrons. The monoisotopic (exact) mass is 414 g/mol. The van der Waals surface area contributed by atoms with Gasteiger partial charge in [0.1, 0.15) is 0 Å². The summed E-state index contributed by atoms with van der Waals surface area (Å²) in [5.41, 5.74) is 2.29. The molecule has 0 radical (unpaired) electrons. The summed E-state index contributed by atoms with van der Waals surface area (Å²) in [5, 5.41) is 5.02. The van der Waals surface area contributed by atoms with E-state index in [2.05, 4.69) is 21.6 Å². The normalized spacial score (nSPS) is 15.5. The summed E-state index contributed by atoms with van der Waals surface area (Å²) in [6.45, 7) is 2.55. The van der Waals surface area contributed by atoms with E-state index in [4.69, 9.17) is 0 Å². The Morgan fingerprint density at radius 1 is 0.933 bits per heavy atom. The fourth-order valence-electron chi connectivity index (χ4n) is 3.63. The number of carbonyl (C=O) groups excluding carboxylic acids is 2. The number of nitrogens with one attached hydrogen (secondary N) is 2. The van der Waals surface area contributed by atoms with E-state index in [1.165, 1.54) is 18.9 Å². The van der Waals surface area contributed by atoms with E-state index in [1.54, 1.807) is 0 Å². The number of nitrogens with zero attached hydrogens (tertiary/aromatic N) is 2. The second kappa shape index (κ2) is 8.69. The molecule has 0 saturated heterocycles. The number of hydrogen-bond donors (Lipinski definition) is 2. The van der Waals surface area contributed by atoms with Crippen LogP contribution in [-0.4, -0.2) is 44.5 Å². The summed E-state index contributed by atoms with van der Waals surface area (Å²) in [4.78, 5) is 28.8. The second-order valence-electron chi connectivity index (χ2n) is 7.75. The highest BCUT2D eigenvalue weighted by molar-refractivity contribution is 5.95. The lowest BCUT2D eigenvalue weighted by molar-refractivity contribution is -0.123. The number of hydrogen-bond acceptors (Lipinski definition) is 4. The average Bonchev–Trinajstić information content (AvgIpc) is 3.55. The maximum absolute atomic E-state index is 13.2. The Hall–Kier alpha value is -3.16. The molecule has 0 unspecified atom stereocenters. The zero-order valence-electron chi connectivity index (χ0n) is 16.5. The number of rotatable bonds is 7. The van der Waals surface area contributed by atoms with Gasteiger partial charge in [0, 0.05) is 31.4 Å². The summed E-state index contributed by atoms with van der Waals surface area (Å²) in [5.74, 6) is -2.04. The number of fused-ring (bicyclic) bond motifs is 1. The molecule has 1 saturated carbocycles. The molecule has 2 aliphatic rings. The third kappa shape index (κ3) is 4.87. The van der Waals surface area contributed by atoms with E-state index in [-0.39, 0.29) is 24.7 Å². The van der Waals surface area contributed by atoms with Gasteiger partial charge in [-0.2, -0.15) is 0 Å². The molecule has 0 atom stereocenters. The molecule has 30 heavy (non-hydrogen) atoms. The first-order chi connectivity index (χ1) is 14.5. The molecule has 1 aliphatic heterocycles. The van der Waals surface area contributed by atoms with E-state index in [9.17, 15) is 18.4 Å². The van der Waals surface area contributed by atoms with Gasteiger partial charge in [0.2, 0.25) is 11.8 Å². The highest BCUT2D eigenvalue weighted by atomic mass is 19.2. The van der Waals surface area contributed by atoms with E-state index < -0.39 is 17.5 Å². The predicted octanol–water partition coefficient (Wildman–Crippen LogP) is 2.76. The third-order valence-electron chi connectivity index (χ3n) is 5.36. The Morgan fingerprint density at radius 2 is 1.63 bits per heavy atom. The van der Waals surface area contributed by atoms with Crippen LogP contribution in [0, 0.1) is 17.6 Å². The Balaban J connectivity index is 1.30. The van der Waals surface area contributed by atoms with Crippen molar-refractivity contribution in [3.63, 3.8) is 0 Å². The van der Waals surface area contributed by atoms with E-state index in [1.807, 2.05) is 23.1 Å². The summed E-state index contributed by atoms with van der Waals surface area (Å²) >= 11 is 0. The molecule has 6 nitrogen and oxygen atoms in total. The van der Waals surface area contributed by atoms with Gasteiger partial charge in [0.15, 0.2) is 11.6 Å². The van der Waals surface area contributed by atoms with Crippen LogP contribution in [0.4, 0.5) is 25.8 Å². The minimum atomic E-state index is -1.05. The second-order valence-corrected chi connectivity index (χ2v) is 7.75. The predicted molar refractivity (Wildman–Crippen MR) is 112 cm³/mol. The first-order valence-corrected chi connectivity index (χ1v) is 10.1. The fraction of sp³-hybridized carbons (Fsp3) is 0.364. The van der Waals surface area contributed by atoms with Crippen LogP contribution >= 0.6 is 0 Å². The number of carbonyl (C=O) groups is 2. The summed E-state index contributed by atoms with van der Waals surface area (Å²) in [6, 6.07) is 11.1. The van der Waals surface area contributed by atoms with Crippen molar-refractivity contribution in [2.75, 3.05) is 47.8 Å². The first-order valence-electron chi connectivity index (χ1n) is 10.1. The quantitative estimate of drug-likeness (QED) is 0.731. The van der Waals surface area contributed by atoms with Crippen LogP contribution in [0.3, 0.4) is 0 Å². The Morgan fingerprint density at radius 3 is 2.33 bits per heavy atom. The standard InChI is InChI=1S/C22H24F2N4O2/c23-17-8-7-16(11-18(17)24)26-21(29)12-25-22(30)14-28-10-9-27(13-15-5-6-15)19-3-1-2-4-20(19)28/h1-4,7-8,11,15H,5-6,9-10,12-14H2,(H,25,30)(H,26,29). The highest BCUT2D eigenvalue weighted by Gasteiger charge is 2.29. The topological polar surface area (TPSA) is 64.7 Å². The SMILES string of the molecule is O=C(CN1CCN(CC2CC2)c2ccccc21)NCC(=O)Nc1ccc(F)c(F)c1. The number of halogens is 2. The van der Waals surface area contributed by atoms with Gasteiger partial charge in [-0.05, 0) is 43.0 Å². The number of amides is 2. The lowest BCUT2D eigenvalue weighted by atomic mass is 10.1. The maximum Gasteiger partial charge on any atom is 0.243 e. The Bertz CT molecular complexity index is 948. The van der Waals surface area contributed by atoms with Crippen LogP contribution in [0.15, 0.2) is 42.5 Å². The van der Waals surface area contributed by atoms with Crippen LogP contribution in [0.1, 0.15) is 12.8 Å². The maximum atomic E-state index is 13.2. The highest BCUT2D eigenvalue weighted by Crippen LogP contribution is 2.37. The Kier molecular flexibility index (Phi) is 5.83. The molecule has 8 heteroatoms. The molecule has 2 aromatic rings. The van der Waals surface area contributed by atoms with Crippen molar-refractivity contribution in [3.05, 3.63) is 54.1 Å². The zero-order valence-corrected chi connectivity index (χ0v) is 16.5. The zero-order chi connectivity index (χ0) is 21.1. The number of benzene rings is 2. The van der Waals surface area contributed by atoms with Gasteiger partial charge in [-0.1, -0.05) is 12.1 Å². The third-order valence-corrected chi connectivity index (χ3v) is 5.36. The van der Waals surface area contributed by atoms with Crippen molar-refractivity contribution in [2.24, 2.45) is 5.92 Å². The fourth-order valence-corrected chi connectivity index (χ4v) is 3.63. The molecule has 0 aromatic heterocycles. The van der Waals surface area contributed by atoms with Crippen LogP contribution in [0.2, 0.25) is 0 Å². The molecule has 0 spiro atoms. The van der Waals surface area contributed by atoms with Crippen molar-refractivity contribution < 1.29 is 18.4 Å². The number of para-hydroxylation sites is 2. The van der Waals surface area contributed by atoms with Crippen molar-refractivity contribution >= 4 is 28.9 Å². The summed E-state index contributed by atoms with van der Waals surface area (Å²) in [7, 11) is 0. The molecular formula is C22H24F2N4O2. The van der Waals surface area contributed by atoms with Gasteiger partial charge >= 0.3 is 0 Å². The van der Waals surface area contributed by atoms with Gasteiger partial charge in [-0.15, -0.1) is 0 Å².